The Balaban J connectivity index is 2.07. The highest BCUT2D eigenvalue weighted by molar-refractivity contribution is 6.33. The van der Waals surface area contributed by atoms with Crippen molar-refractivity contribution in [2.75, 3.05) is 5.32 Å². The van der Waals surface area contributed by atoms with Crippen LogP contribution in [0.5, 0.6) is 0 Å². The molecule has 0 aromatic heterocycles. The fraction of sp³-hybridized carbons (Fsp3) is 0.300. The van der Waals surface area contributed by atoms with E-state index < -0.39 is 23.8 Å². The first-order valence-corrected chi connectivity index (χ1v) is 8.77. The number of benzene rings is 2. The van der Waals surface area contributed by atoms with Crippen molar-refractivity contribution in [3.05, 3.63) is 64.4 Å². The quantitative estimate of drug-likeness (QED) is 0.706. The second-order valence-corrected chi connectivity index (χ2v) is 6.46. The van der Waals surface area contributed by atoms with E-state index in [1.807, 2.05) is 24.3 Å². The summed E-state index contributed by atoms with van der Waals surface area (Å²) in [5, 5.41) is 2.73. The maximum Gasteiger partial charge on any atom is 0.340 e. The van der Waals surface area contributed by atoms with Crippen LogP contribution >= 0.6 is 11.6 Å². The molecule has 0 saturated carbocycles. The maximum absolute atomic E-state index is 13.1. The number of amides is 1. The van der Waals surface area contributed by atoms with Gasteiger partial charge in [-0.15, -0.1) is 0 Å². The van der Waals surface area contributed by atoms with Gasteiger partial charge in [-0.25, -0.2) is 9.18 Å². The Morgan fingerprint density at radius 1 is 1.19 bits per heavy atom. The molecule has 138 valence electrons. The van der Waals surface area contributed by atoms with Gasteiger partial charge >= 0.3 is 5.97 Å². The highest BCUT2D eigenvalue weighted by atomic mass is 35.5. The zero-order chi connectivity index (χ0) is 19.3. The predicted molar refractivity (Wildman–Crippen MR) is 100 cm³/mol. The summed E-state index contributed by atoms with van der Waals surface area (Å²) < 4.78 is 18.2. The van der Waals surface area contributed by atoms with Gasteiger partial charge in [0.05, 0.1) is 10.6 Å². The van der Waals surface area contributed by atoms with E-state index in [1.165, 1.54) is 13.0 Å². The largest absolute Gasteiger partial charge is 0.449 e. The van der Waals surface area contributed by atoms with E-state index in [0.717, 1.165) is 24.1 Å². The number of anilines is 1. The highest BCUT2D eigenvalue weighted by Gasteiger charge is 2.22. The molecule has 0 radical (unpaired) electrons. The van der Waals surface area contributed by atoms with Gasteiger partial charge in [-0.2, -0.15) is 0 Å². The average Bonchev–Trinajstić information content (AvgIpc) is 2.61. The molecule has 2 aromatic rings. The Hall–Kier alpha value is -2.40. The number of rotatable bonds is 6. The molecule has 26 heavy (non-hydrogen) atoms. The minimum atomic E-state index is -1.03. The van der Waals surface area contributed by atoms with Crippen LogP contribution in [0.1, 0.15) is 49.0 Å². The van der Waals surface area contributed by atoms with Crippen LogP contribution in [0.15, 0.2) is 42.5 Å². The fourth-order valence-corrected chi connectivity index (χ4v) is 2.67. The smallest absolute Gasteiger partial charge is 0.340 e. The Bertz CT molecular complexity index is 809. The standard InChI is InChI=1S/C20H21ClFNO3/c1-4-12(2)15-7-5-6-8-18(15)23-19(24)13(3)26-20(25)16-10-9-14(22)11-17(16)21/h5-13H,4H2,1-3H3,(H,23,24)/t12-,13+/m1/s1. The van der Waals surface area contributed by atoms with Gasteiger partial charge in [0.15, 0.2) is 6.10 Å². The summed E-state index contributed by atoms with van der Waals surface area (Å²) in [6, 6.07) is 10.9. The van der Waals surface area contributed by atoms with Gasteiger partial charge in [-0.05, 0) is 49.1 Å². The molecule has 0 aliphatic carbocycles. The summed E-state index contributed by atoms with van der Waals surface area (Å²) in [7, 11) is 0. The number of carbonyl (C=O) groups is 2. The molecule has 2 aromatic carbocycles. The molecule has 2 atom stereocenters. The molecule has 1 N–H and O–H groups in total. The Labute approximate surface area is 157 Å². The van der Waals surface area contributed by atoms with E-state index in [4.69, 9.17) is 16.3 Å². The van der Waals surface area contributed by atoms with Crippen LogP contribution in [-0.4, -0.2) is 18.0 Å². The van der Waals surface area contributed by atoms with Crippen LogP contribution in [-0.2, 0) is 9.53 Å². The second kappa shape index (κ2) is 8.81. The normalized spacial score (nSPS) is 13.0. The van der Waals surface area contributed by atoms with Crippen LogP contribution in [0.3, 0.4) is 0 Å². The minimum absolute atomic E-state index is 0.00715. The van der Waals surface area contributed by atoms with Crippen LogP contribution in [0.25, 0.3) is 0 Å². The van der Waals surface area contributed by atoms with E-state index in [1.54, 1.807) is 0 Å². The second-order valence-electron chi connectivity index (χ2n) is 6.06. The number of hydrogen-bond acceptors (Lipinski definition) is 3. The van der Waals surface area contributed by atoms with Gasteiger partial charge in [0.1, 0.15) is 5.82 Å². The van der Waals surface area contributed by atoms with Crippen molar-refractivity contribution < 1.29 is 18.7 Å². The summed E-state index contributed by atoms with van der Waals surface area (Å²) in [6.07, 6.45) is -0.103. The molecule has 0 heterocycles. The Morgan fingerprint density at radius 2 is 1.88 bits per heavy atom. The number of nitrogens with one attached hydrogen (secondary N) is 1. The van der Waals surface area contributed by atoms with Crippen LogP contribution < -0.4 is 5.32 Å². The summed E-state index contributed by atoms with van der Waals surface area (Å²) in [6.45, 7) is 5.61. The molecule has 0 aliphatic heterocycles. The average molecular weight is 378 g/mol. The molecule has 0 bridgehead atoms. The molecule has 0 spiro atoms. The van der Waals surface area contributed by atoms with Crippen LogP contribution in [0.4, 0.5) is 10.1 Å². The SMILES string of the molecule is CC[C@@H](C)c1ccccc1NC(=O)[C@H](C)OC(=O)c1ccc(F)cc1Cl. The predicted octanol–water partition coefficient (Wildman–Crippen LogP) is 5.18. The van der Waals surface area contributed by atoms with E-state index in [0.29, 0.717) is 5.69 Å². The van der Waals surface area contributed by atoms with Crippen molar-refractivity contribution in [3.63, 3.8) is 0 Å². The molecule has 4 nitrogen and oxygen atoms in total. The number of carbonyl (C=O) groups excluding carboxylic acids is 2. The first-order chi connectivity index (χ1) is 12.3. The fourth-order valence-electron chi connectivity index (χ4n) is 2.43. The van der Waals surface area contributed by atoms with Crippen molar-refractivity contribution in [1.82, 2.24) is 0 Å². The van der Waals surface area contributed by atoms with Crippen LogP contribution in [0, 0.1) is 5.82 Å². The third-order valence-electron chi connectivity index (χ3n) is 4.17. The number of hydrogen-bond donors (Lipinski definition) is 1. The van der Waals surface area contributed by atoms with E-state index >= 15 is 0 Å². The lowest BCUT2D eigenvalue weighted by Crippen LogP contribution is -2.30. The molecule has 0 saturated heterocycles. The minimum Gasteiger partial charge on any atom is -0.449 e. The van der Waals surface area contributed by atoms with E-state index in [2.05, 4.69) is 19.2 Å². The van der Waals surface area contributed by atoms with Crippen LogP contribution in [0.2, 0.25) is 5.02 Å². The lowest BCUT2D eigenvalue weighted by atomic mass is 9.97. The van der Waals surface area contributed by atoms with Crippen molar-refractivity contribution in [2.24, 2.45) is 0 Å². The third-order valence-corrected chi connectivity index (χ3v) is 4.48. The summed E-state index contributed by atoms with van der Waals surface area (Å²) in [4.78, 5) is 24.6. The van der Waals surface area contributed by atoms with Crippen molar-refractivity contribution in [2.45, 2.75) is 39.2 Å². The molecule has 2 rings (SSSR count). The third kappa shape index (κ3) is 4.82. The van der Waals surface area contributed by atoms with Gasteiger partial charge in [-0.3, -0.25) is 4.79 Å². The summed E-state index contributed by atoms with van der Waals surface area (Å²) in [5.74, 6) is -1.51. The van der Waals surface area contributed by atoms with Crippen molar-refractivity contribution >= 4 is 29.2 Å². The highest BCUT2D eigenvalue weighted by Crippen LogP contribution is 2.26. The number of ether oxygens (including phenoxy) is 1. The lowest BCUT2D eigenvalue weighted by molar-refractivity contribution is -0.123. The monoisotopic (exact) mass is 377 g/mol. The molecule has 0 aliphatic rings. The molecule has 6 heteroatoms. The van der Waals surface area contributed by atoms with Gasteiger partial charge in [0.2, 0.25) is 0 Å². The van der Waals surface area contributed by atoms with Crippen molar-refractivity contribution in [1.29, 1.82) is 0 Å². The molecule has 0 fully saturated rings. The molecular formula is C20H21ClFNO3. The zero-order valence-electron chi connectivity index (χ0n) is 14.9. The van der Waals surface area contributed by atoms with Gasteiger partial charge in [-0.1, -0.05) is 43.6 Å². The van der Waals surface area contributed by atoms with E-state index in [9.17, 15) is 14.0 Å². The first-order valence-electron chi connectivity index (χ1n) is 8.39. The molecule has 0 unspecified atom stereocenters. The Morgan fingerprint density at radius 3 is 2.54 bits per heavy atom. The first kappa shape index (κ1) is 19.9. The van der Waals surface area contributed by atoms with Gasteiger partial charge < -0.3 is 10.1 Å². The number of esters is 1. The van der Waals surface area contributed by atoms with Crippen molar-refractivity contribution in [3.8, 4) is 0 Å². The Kier molecular flexibility index (Phi) is 6.75. The molecule has 1 amide bonds. The topological polar surface area (TPSA) is 55.4 Å². The summed E-state index contributed by atoms with van der Waals surface area (Å²) >= 11 is 5.85. The zero-order valence-corrected chi connectivity index (χ0v) is 15.6. The number of halogens is 2. The maximum atomic E-state index is 13.1. The van der Waals surface area contributed by atoms with Gasteiger partial charge in [0.25, 0.3) is 5.91 Å². The van der Waals surface area contributed by atoms with Gasteiger partial charge in [0, 0.05) is 5.69 Å². The van der Waals surface area contributed by atoms with E-state index in [-0.39, 0.29) is 16.5 Å². The summed E-state index contributed by atoms with van der Waals surface area (Å²) in [5.41, 5.74) is 1.71. The number of para-hydroxylation sites is 1. The molecular weight excluding hydrogens is 357 g/mol. The lowest BCUT2D eigenvalue weighted by Gasteiger charge is -2.18.